The Labute approximate surface area is 142 Å². The monoisotopic (exact) mass is 335 g/mol. The van der Waals surface area contributed by atoms with Crippen LogP contribution in [0.3, 0.4) is 0 Å². The number of carbonyl (C=O) groups is 2. The second-order valence-electron chi connectivity index (χ2n) is 6.39. The zero-order valence-electron chi connectivity index (χ0n) is 14.7. The van der Waals surface area contributed by atoms with Crippen molar-refractivity contribution in [2.24, 2.45) is 11.3 Å². The van der Waals surface area contributed by atoms with Gasteiger partial charge in [0.1, 0.15) is 0 Å². The summed E-state index contributed by atoms with van der Waals surface area (Å²) in [7, 11) is 1.52. The van der Waals surface area contributed by atoms with Gasteiger partial charge in [-0.15, -0.1) is 0 Å². The minimum absolute atomic E-state index is 0.0392. The van der Waals surface area contributed by atoms with Crippen molar-refractivity contribution in [3.8, 4) is 11.5 Å². The number of nitrogens with zero attached hydrogens (tertiary/aromatic N) is 1. The highest BCUT2D eigenvalue weighted by molar-refractivity contribution is 5.95. The maximum atomic E-state index is 12.8. The van der Waals surface area contributed by atoms with E-state index in [2.05, 4.69) is 0 Å². The van der Waals surface area contributed by atoms with E-state index in [9.17, 15) is 14.7 Å². The van der Waals surface area contributed by atoms with Gasteiger partial charge < -0.3 is 19.5 Å². The average Bonchev–Trinajstić information content (AvgIpc) is 3.01. The second kappa shape index (κ2) is 7.11. The molecule has 1 fully saturated rings. The van der Waals surface area contributed by atoms with E-state index in [4.69, 9.17) is 9.47 Å². The lowest BCUT2D eigenvalue weighted by Gasteiger charge is -2.28. The number of carbonyl (C=O) groups excluding carboxylic acids is 1. The molecule has 2 rings (SSSR count). The Hall–Kier alpha value is -2.24. The lowest BCUT2D eigenvalue weighted by Crippen LogP contribution is -2.40. The van der Waals surface area contributed by atoms with Crippen molar-refractivity contribution in [1.29, 1.82) is 0 Å². The van der Waals surface area contributed by atoms with Gasteiger partial charge in [-0.3, -0.25) is 9.59 Å². The third kappa shape index (κ3) is 3.18. The predicted octanol–water partition coefficient (Wildman–Crippen LogP) is 2.67. The Balaban J connectivity index is 2.22. The molecule has 24 heavy (non-hydrogen) atoms. The Morgan fingerprint density at radius 1 is 1.33 bits per heavy atom. The molecule has 0 bridgehead atoms. The van der Waals surface area contributed by atoms with Crippen LogP contribution in [0.4, 0.5) is 0 Å². The van der Waals surface area contributed by atoms with Crippen LogP contribution in [0, 0.1) is 11.3 Å². The first-order valence-electron chi connectivity index (χ1n) is 8.19. The zero-order valence-corrected chi connectivity index (χ0v) is 14.7. The Morgan fingerprint density at radius 3 is 2.54 bits per heavy atom. The number of likely N-dealkylation sites (tertiary alicyclic amines) is 1. The highest BCUT2D eigenvalue weighted by Crippen LogP contribution is 2.39. The third-order valence-corrected chi connectivity index (χ3v) is 4.83. The van der Waals surface area contributed by atoms with Gasteiger partial charge in [0.15, 0.2) is 11.5 Å². The molecule has 0 aromatic heterocycles. The molecule has 6 heteroatoms. The van der Waals surface area contributed by atoms with Gasteiger partial charge in [-0.2, -0.15) is 0 Å². The summed E-state index contributed by atoms with van der Waals surface area (Å²) in [6, 6.07) is 5.04. The van der Waals surface area contributed by atoms with Crippen LogP contribution in [0.2, 0.25) is 0 Å². The summed E-state index contributed by atoms with van der Waals surface area (Å²) >= 11 is 0. The van der Waals surface area contributed by atoms with E-state index in [-0.39, 0.29) is 18.4 Å². The van der Waals surface area contributed by atoms with Crippen LogP contribution in [0.25, 0.3) is 0 Å². The number of carboxylic acid groups (broad SMARTS) is 1. The fourth-order valence-corrected chi connectivity index (χ4v) is 3.16. The van der Waals surface area contributed by atoms with Crippen molar-refractivity contribution in [3.63, 3.8) is 0 Å². The van der Waals surface area contributed by atoms with Crippen LogP contribution in [-0.4, -0.2) is 48.7 Å². The molecule has 1 N–H and O–H groups in total. The summed E-state index contributed by atoms with van der Waals surface area (Å²) < 4.78 is 10.7. The fraction of sp³-hybridized carbons (Fsp3) is 0.556. The summed E-state index contributed by atoms with van der Waals surface area (Å²) in [5.41, 5.74) is -0.398. The third-order valence-electron chi connectivity index (χ3n) is 4.83. The summed E-state index contributed by atoms with van der Waals surface area (Å²) in [4.78, 5) is 26.1. The van der Waals surface area contributed by atoms with Gasteiger partial charge >= 0.3 is 5.97 Å². The van der Waals surface area contributed by atoms with Crippen LogP contribution >= 0.6 is 0 Å². The molecule has 1 heterocycles. The van der Waals surface area contributed by atoms with E-state index in [0.29, 0.717) is 36.6 Å². The van der Waals surface area contributed by atoms with Crippen molar-refractivity contribution in [1.82, 2.24) is 4.90 Å². The van der Waals surface area contributed by atoms with Gasteiger partial charge in [-0.05, 0) is 37.5 Å². The zero-order chi connectivity index (χ0) is 17.9. The summed E-state index contributed by atoms with van der Waals surface area (Å²) in [5, 5.41) is 9.61. The first-order chi connectivity index (χ1) is 11.4. The molecule has 1 aromatic carbocycles. The van der Waals surface area contributed by atoms with E-state index in [1.54, 1.807) is 23.1 Å². The van der Waals surface area contributed by atoms with Crippen molar-refractivity contribution in [3.05, 3.63) is 23.8 Å². The molecule has 1 aliphatic rings. The molecule has 6 nitrogen and oxygen atoms in total. The van der Waals surface area contributed by atoms with E-state index >= 15 is 0 Å². The quantitative estimate of drug-likeness (QED) is 0.865. The standard InChI is InChI=1S/C18H25NO5/c1-5-24-14-7-6-13(10-15(14)23-4)16(20)19-9-8-18(11-19,12(2)3)17(21)22/h6-7,10,12H,5,8-9,11H2,1-4H3,(H,21,22). The number of hydrogen-bond acceptors (Lipinski definition) is 4. The SMILES string of the molecule is CCOc1ccc(C(=O)N2CCC(C(=O)O)(C(C)C)C2)cc1OC. The van der Waals surface area contributed by atoms with Crippen molar-refractivity contribution < 1.29 is 24.2 Å². The lowest BCUT2D eigenvalue weighted by atomic mass is 9.76. The molecule has 1 aliphatic heterocycles. The number of aliphatic carboxylic acids is 1. The molecule has 132 valence electrons. The molecule has 0 aliphatic carbocycles. The number of ether oxygens (including phenoxy) is 2. The molecule has 0 spiro atoms. The minimum atomic E-state index is -0.870. The van der Waals surface area contributed by atoms with Crippen LogP contribution < -0.4 is 9.47 Å². The smallest absolute Gasteiger partial charge is 0.311 e. The van der Waals surface area contributed by atoms with Gasteiger partial charge in [-0.1, -0.05) is 13.8 Å². The van der Waals surface area contributed by atoms with Gasteiger partial charge in [0, 0.05) is 18.7 Å². The van der Waals surface area contributed by atoms with Gasteiger partial charge in [-0.25, -0.2) is 0 Å². The van der Waals surface area contributed by atoms with Crippen molar-refractivity contribution >= 4 is 11.9 Å². The number of carboxylic acids is 1. The largest absolute Gasteiger partial charge is 0.493 e. The van der Waals surface area contributed by atoms with Crippen LogP contribution in [0.1, 0.15) is 37.6 Å². The molecular formula is C18H25NO5. The minimum Gasteiger partial charge on any atom is -0.493 e. The van der Waals surface area contributed by atoms with Gasteiger partial charge in [0.05, 0.1) is 19.1 Å². The molecule has 1 unspecified atom stereocenters. The molecule has 1 atom stereocenters. The lowest BCUT2D eigenvalue weighted by molar-refractivity contribution is -0.150. The van der Waals surface area contributed by atoms with Crippen LogP contribution in [0.5, 0.6) is 11.5 Å². The Kier molecular flexibility index (Phi) is 5.36. The van der Waals surface area contributed by atoms with E-state index in [1.165, 1.54) is 7.11 Å². The highest BCUT2D eigenvalue weighted by Gasteiger charge is 2.48. The first-order valence-corrected chi connectivity index (χ1v) is 8.19. The topological polar surface area (TPSA) is 76.1 Å². The number of methoxy groups -OCH3 is 1. The number of benzene rings is 1. The predicted molar refractivity (Wildman–Crippen MR) is 89.6 cm³/mol. The Bertz CT molecular complexity index is 628. The summed E-state index contributed by atoms with van der Waals surface area (Å²) in [6.07, 6.45) is 0.472. The molecule has 1 aromatic rings. The molecule has 0 radical (unpaired) electrons. The van der Waals surface area contributed by atoms with Gasteiger partial charge in [0.25, 0.3) is 5.91 Å². The van der Waals surface area contributed by atoms with Gasteiger partial charge in [0.2, 0.25) is 0 Å². The number of amides is 1. The Morgan fingerprint density at radius 2 is 2.04 bits per heavy atom. The molecule has 1 saturated heterocycles. The molecule has 1 amide bonds. The normalized spacial score (nSPS) is 20.3. The number of hydrogen-bond donors (Lipinski definition) is 1. The summed E-state index contributed by atoms with van der Waals surface area (Å²) in [6.45, 7) is 6.84. The average molecular weight is 335 g/mol. The highest BCUT2D eigenvalue weighted by atomic mass is 16.5. The van der Waals surface area contributed by atoms with E-state index in [0.717, 1.165) is 0 Å². The second-order valence-corrected chi connectivity index (χ2v) is 6.39. The summed E-state index contributed by atoms with van der Waals surface area (Å²) in [5.74, 6) is 0.0233. The molecular weight excluding hydrogens is 310 g/mol. The fourth-order valence-electron chi connectivity index (χ4n) is 3.16. The van der Waals surface area contributed by atoms with Crippen LogP contribution in [0.15, 0.2) is 18.2 Å². The van der Waals surface area contributed by atoms with E-state index in [1.807, 2.05) is 20.8 Å². The first kappa shape index (κ1) is 18.1. The van der Waals surface area contributed by atoms with Crippen molar-refractivity contribution in [2.45, 2.75) is 27.2 Å². The maximum absolute atomic E-state index is 12.8. The van der Waals surface area contributed by atoms with E-state index < -0.39 is 11.4 Å². The van der Waals surface area contributed by atoms with Crippen molar-refractivity contribution in [2.75, 3.05) is 26.8 Å². The maximum Gasteiger partial charge on any atom is 0.311 e. The molecule has 0 saturated carbocycles. The van der Waals surface area contributed by atoms with Crippen LogP contribution in [-0.2, 0) is 4.79 Å². The number of rotatable bonds is 6.